The Morgan fingerprint density at radius 3 is 2.17 bits per heavy atom. The number of halogens is 5. The third-order valence-corrected chi connectivity index (χ3v) is 6.43. The first-order valence-corrected chi connectivity index (χ1v) is 11.8. The predicted octanol–water partition coefficient (Wildman–Crippen LogP) is 5.35. The van der Waals surface area contributed by atoms with Crippen molar-refractivity contribution in [3.05, 3.63) is 53.4 Å². The Morgan fingerprint density at radius 2 is 1.53 bits per heavy atom. The SMILES string of the molecule is CN(C)c1nc(NC2CCC(CNC(=S)Nc3c(F)c(F)c(F)c(F)c3F)CC2)nc2ccccc12. The van der Waals surface area contributed by atoms with Gasteiger partial charge in [-0.15, -0.1) is 0 Å². The van der Waals surface area contributed by atoms with Gasteiger partial charge in [-0.05, 0) is 56.0 Å². The number of aromatic nitrogens is 2. The number of thiocarbonyl (C=S) groups is 1. The summed E-state index contributed by atoms with van der Waals surface area (Å²) in [6, 6.07) is 7.99. The van der Waals surface area contributed by atoms with Crippen molar-refractivity contribution in [1.29, 1.82) is 0 Å². The van der Waals surface area contributed by atoms with E-state index in [9.17, 15) is 22.0 Å². The summed E-state index contributed by atoms with van der Waals surface area (Å²) >= 11 is 5.00. The Bertz CT molecular complexity index is 1250. The number of nitrogens with zero attached hydrogens (tertiary/aromatic N) is 3. The largest absolute Gasteiger partial charge is 0.362 e. The van der Waals surface area contributed by atoms with Gasteiger partial charge < -0.3 is 20.9 Å². The van der Waals surface area contributed by atoms with Crippen LogP contribution in [0, 0.1) is 35.0 Å². The minimum Gasteiger partial charge on any atom is -0.362 e. The van der Waals surface area contributed by atoms with Crippen LogP contribution < -0.4 is 20.9 Å². The van der Waals surface area contributed by atoms with E-state index in [4.69, 9.17) is 12.2 Å². The quantitative estimate of drug-likeness (QED) is 0.174. The molecule has 0 amide bonds. The second-order valence-corrected chi connectivity index (χ2v) is 9.33. The molecular formula is C24H25F5N6S. The van der Waals surface area contributed by atoms with Crippen molar-refractivity contribution in [2.75, 3.05) is 36.2 Å². The first-order valence-electron chi connectivity index (χ1n) is 11.4. The zero-order valence-corrected chi connectivity index (χ0v) is 20.5. The highest BCUT2D eigenvalue weighted by Gasteiger charge is 2.27. The van der Waals surface area contributed by atoms with Crippen LogP contribution >= 0.6 is 12.2 Å². The first kappa shape index (κ1) is 25.8. The molecule has 0 spiro atoms. The molecule has 4 rings (SSSR count). The number of benzene rings is 2. The number of fused-ring (bicyclic) bond motifs is 1. The molecule has 6 nitrogen and oxygen atoms in total. The molecule has 1 aliphatic carbocycles. The summed E-state index contributed by atoms with van der Waals surface area (Å²) in [7, 11) is 3.86. The van der Waals surface area contributed by atoms with Crippen LogP contribution in [0.1, 0.15) is 25.7 Å². The Hall–Kier alpha value is -3.28. The third-order valence-electron chi connectivity index (χ3n) is 6.19. The monoisotopic (exact) mass is 524 g/mol. The molecule has 1 heterocycles. The molecule has 36 heavy (non-hydrogen) atoms. The summed E-state index contributed by atoms with van der Waals surface area (Å²) in [5.74, 6) is -8.59. The molecule has 0 atom stereocenters. The number of anilines is 3. The van der Waals surface area contributed by atoms with Crippen LogP contribution in [0.25, 0.3) is 10.9 Å². The molecular weight excluding hydrogens is 499 g/mol. The Labute approximate surface area is 210 Å². The van der Waals surface area contributed by atoms with Gasteiger partial charge in [-0.3, -0.25) is 0 Å². The summed E-state index contributed by atoms with van der Waals surface area (Å²) in [6.07, 6.45) is 3.36. The van der Waals surface area contributed by atoms with E-state index in [1.165, 1.54) is 0 Å². The molecule has 1 saturated carbocycles. The standard InChI is InChI=1S/C24H25F5N6S/c1-35(2)22-14-5-3-4-6-15(14)32-23(34-22)31-13-9-7-12(8-10-13)11-30-24(36)33-21-19(28)17(26)16(25)18(27)20(21)29/h3-6,12-13H,7-11H2,1-2H3,(H2,30,33,36)(H,31,32,34). The molecule has 0 unspecified atom stereocenters. The molecule has 0 aliphatic heterocycles. The molecule has 2 aromatic carbocycles. The predicted molar refractivity (Wildman–Crippen MR) is 134 cm³/mol. The van der Waals surface area contributed by atoms with Gasteiger partial charge in [0.15, 0.2) is 28.4 Å². The maximum Gasteiger partial charge on any atom is 0.225 e. The molecule has 1 aliphatic rings. The van der Waals surface area contributed by atoms with Gasteiger partial charge in [-0.25, -0.2) is 26.9 Å². The number of rotatable bonds is 6. The van der Waals surface area contributed by atoms with Crippen molar-refractivity contribution in [1.82, 2.24) is 15.3 Å². The lowest BCUT2D eigenvalue weighted by Gasteiger charge is -2.30. The van der Waals surface area contributed by atoms with Crippen molar-refractivity contribution >= 4 is 45.7 Å². The minimum absolute atomic E-state index is 0.177. The average Bonchev–Trinajstić information content (AvgIpc) is 2.88. The van der Waals surface area contributed by atoms with E-state index in [1.54, 1.807) is 0 Å². The van der Waals surface area contributed by atoms with E-state index in [2.05, 4.69) is 25.9 Å². The second kappa shape index (κ2) is 10.8. The zero-order chi connectivity index (χ0) is 26.0. The van der Waals surface area contributed by atoms with E-state index < -0.39 is 34.8 Å². The summed E-state index contributed by atoms with van der Waals surface area (Å²) in [5, 5.41) is 9.07. The smallest absolute Gasteiger partial charge is 0.225 e. The van der Waals surface area contributed by atoms with Gasteiger partial charge in [0.05, 0.1) is 5.52 Å². The van der Waals surface area contributed by atoms with Crippen molar-refractivity contribution < 1.29 is 22.0 Å². The molecule has 1 aromatic heterocycles. The summed E-state index contributed by atoms with van der Waals surface area (Å²) in [4.78, 5) is 11.3. The molecule has 0 radical (unpaired) electrons. The highest BCUT2D eigenvalue weighted by atomic mass is 32.1. The molecule has 192 valence electrons. The fraction of sp³-hybridized carbons (Fsp3) is 0.375. The molecule has 12 heteroatoms. The van der Waals surface area contributed by atoms with Crippen molar-refractivity contribution in [3.8, 4) is 0 Å². The van der Waals surface area contributed by atoms with Crippen LogP contribution in [0.2, 0.25) is 0 Å². The maximum atomic E-state index is 13.8. The lowest BCUT2D eigenvalue weighted by atomic mass is 9.86. The van der Waals surface area contributed by atoms with Crippen LogP contribution in [0.5, 0.6) is 0 Å². The topological polar surface area (TPSA) is 65.1 Å². The van der Waals surface area contributed by atoms with Gasteiger partial charge in [-0.1, -0.05) is 12.1 Å². The van der Waals surface area contributed by atoms with Gasteiger partial charge in [0, 0.05) is 32.1 Å². The molecule has 3 N–H and O–H groups in total. The van der Waals surface area contributed by atoms with Gasteiger partial charge in [0.2, 0.25) is 11.8 Å². The van der Waals surface area contributed by atoms with Crippen molar-refractivity contribution in [3.63, 3.8) is 0 Å². The van der Waals surface area contributed by atoms with Crippen LogP contribution in [-0.4, -0.2) is 41.8 Å². The fourth-order valence-corrected chi connectivity index (χ4v) is 4.45. The number of hydrogen-bond acceptors (Lipinski definition) is 5. The summed E-state index contributed by atoms with van der Waals surface area (Å²) in [6.45, 7) is 0.394. The fourth-order valence-electron chi connectivity index (χ4n) is 4.27. The van der Waals surface area contributed by atoms with E-state index in [0.717, 1.165) is 42.4 Å². The van der Waals surface area contributed by atoms with E-state index in [0.29, 0.717) is 12.5 Å². The van der Waals surface area contributed by atoms with Crippen LogP contribution in [-0.2, 0) is 0 Å². The third kappa shape index (κ3) is 5.43. The Kier molecular flexibility index (Phi) is 7.72. The molecule has 0 saturated heterocycles. The molecule has 1 fully saturated rings. The summed E-state index contributed by atoms with van der Waals surface area (Å²) in [5.41, 5.74) is -0.323. The van der Waals surface area contributed by atoms with Crippen LogP contribution in [0.4, 0.5) is 39.4 Å². The van der Waals surface area contributed by atoms with Gasteiger partial charge in [0.1, 0.15) is 11.5 Å². The minimum atomic E-state index is -2.22. The van der Waals surface area contributed by atoms with Crippen LogP contribution in [0.3, 0.4) is 0 Å². The van der Waals surface area contributed by atoms with E-state index >= 15 is 0 Å². The molecule has 3 aromatic rings. The Morgan fingerprint density at radius 1 is 0.917 bits per heavy atom. The van der Waals surface area contributed by atoms with Crippen LogP contribution in [0.15, 0.2) is 24.3 Å². The maximum absolute atomic E-state index is 13.8. The van der Waals surface area contributed by atoms with Gasteiger partial charge in [-0.2, -0.15) is 4.98 Å². The summed E-state index contributed by atoms with van der Waals surface area (Å²) < 4.78 is 67.6. The van der Waals surface area contributed by atoms with Crippen molar-refractivity contribution in [2.45, 2.75) is 31.7 Å². The first-order chi connectivity index (χ1) is 17.2. The zero-order valence-electron chi connectivity index (χ0n) is 19.6. The normalized spacial score (nSPS) is 17.6. The van der Waals surface area contributed by atoms with E-state index in [-0.39, 0.29) is 17.1 Å². The lowest BCUT2D eigenvalue weighted by molar-refractivity contribution is 0.336. The molecule has 0 bridgehead atoms. The van der Waals surface area contributed by atoms with Crippen molar-refractivity contribution in [2.24, 2.45) is 5.92 Å². The highest BCUT2D eigenvalue weighted by Crippen LogP contribution is 2.29. The number of para-hydroxylation sites is 1. The highest BCUT2D eigenvalue weighted by molar-refractivity contribution is 7.80. The Balaban J connectivity index is 1.30. The second-order valence-electron chi connectivity index (χ2n) is 8.92. The van der Waals surface area contributed by atoms with E-state index in [1.807, 2.05) is 43.3 Å². The van der Waals surface area contributed by atoms with Gasteiger partial charge in [0.25, 0.3) is 0 Å². The average molecular weight is 525 g/mol. The number of hydrogen-bond donors (Lipinski definition) is 3. The number of nitrogens with one attached hydrogen (secondary N) is 3. The lowest BCUT2D eigenvalue weighted by Crippen LogP contribution is -2.36. The van der Waals surface area contributed by atoms with Gasteiger partial charge >= 0.3 is 0 Å².